The number of amides is 1. The van der Waals surface area contributed by atoms with E-state index in [1.165, 1.54) is 32.4 Å². The molecule has 2 saturated heterocycles. The summed E-state index contributed by atoms with van der Waals surface area (Å²) in [6.07, 6.45) is 7.74. The number of carbonyl (C=O) groups is 1. The van der Waals surface area contributed by atoms with Crippen LogP contribution in [0.15, 0.2) is 18.3 Å². The highest BCUT2D eigenvalue weighted by Gasteiger charge is 2.40. The van der Waals surface area contributed by atoms with Crippen molar-refractivity contribution in [1.82, 2.24) is 19.6 Å². The fourth-order valence-corrected chi connectivity index (χ4v) is 5.66. The van der Waals surface area contributed by atoms with Gasteiger partial charge in [-0.2, -0.15) is 5.10 Å². The average molecular weight is 457 g/mol. The minimum Gasteiger partial charge on any atom is -0.465 e. The summed E-state index contributed by atoms with van der Waals surface area (Å²) < 4.78 is 2.08. The highest BCUT2D eigenvalue weighted by atomic mass is 16.4. The number of carboxylic acid groups (broad SMARTS) is 1. The Morgan fingerprint density at radius 1 is 1.12 bits per heavy atom. The third-order valence-electron chi connectivity index (χ3n) is 7.24. The van der Waals surface area contributed by atoms with E-state index < -0.39 is 6.09 Å². The van der Waals surface area contributed by atoms with Crippen LogP contribution in [0.5, 0.6) is 0 Å². The quantitative estimate of drug-likeness (QED) is 0.574. The van der Waals surface area contributed by atoms with Crippen molar-refractivity contribution in [2.45, 2.75) is 77.9 Å². The lowest BCUT2D eigenvalue weighted by Crippen LogP contribution is -2.54. The molecular formula is C25H40N6O2. The van der Waals surface area contributed by atoms with Crippen molar-refractivity contribution in [3.05, 3.63) is 18.3 Å². The summed E-state index contributed by atoms with van der Waals surface area (Å²) in [7, 11) is 0. The maximum atomic E-state index is 12.1. The van der Waals surface area contributed by atoms with Gasteiger partial charge in [0.15, 0.2) is 0 Å². The fraction of sp³-hybridized carbons (Fsp3) is 0.680. The molecule has 2 atom stereocenters. The Balaban J connectivity index is 1.58. The van der Waals surface area contributed by atoms with Crippen molar-refractivity contribution >= 4 is 28.4 Å². The van der Waals surface area contributed by atoms with Gasteiger partial charge in [0.25, 0.3) is 0 Å². The number of hydrogen-bond acceptors (Lipinski definition) is 5. The number of rotatable bonds is 5. The van der Waals surface area contributed by atoms with Gasteiger partial charge in [0, 0.05) is 24.5 Å². The number of fused-ring (bicyclic) bond motifs is 1. The molecule has 3 heterocycles. The van der Waals surface area contributed by atoms with E-state index in [4.69, 9.17) is 5.73 Å². The Bertz CT molecular complexity index is 960. The van der Waals surface area contributed by atoms with Crippen LogP contribution in [0.4, 0.5) is 16.2 Å². The third-order valence-corrected chi connectivity index (χ3v) is 7.24. The summed E-state index contributed by atoms with van der Waals surface area (Å²) in [5.41, 5.74) is 8.87. The van der Waals surface area contributed by atoms with Gasteiger partial charge in [-0.3, -0.25) is 4.68 Å². The van der Waals surface area contributed by atoms with E-state index in [2.05, 4.69) is 46.8 Å². The van der Waals surface area contributed by atoms with Crippen LogP contribution in [0, 0.1) is 5.41 Å². The second kappa shape index (κ2) is 9.79. The van der Waals surface area contributed by atoms with E-state index >= 15 is 0 Å². The van der Waals surface area contributed by atoms with Gasteiger partial charge in [0.05, 0.1) is 35.7 Å². The molecule has 2 fully saturated rings. The minimum atomic E-state index is -0.845. The lowest BCUT2D eigenvalue weighted by Gasteiger charge is -2.42. The Kier molecular flexibility index (Phi) is 7.02. The number of anilines is 2. The maximum Gasteiger partial charge on any atom is 0.407 e. The van der Waals surface area contributed by atoms with Crippen LogP contribution in [-0.4, -0.2) is 69.0 Å². The number of aromatic nitrogens is 2. The molecule has 8 heteroatoms. The number of nitrogens with one attached hydrogen (secondary N) is 1. The smallest absolute Gasteiger partial charge is 0.407 e. The Labute approximate surface area is 197 Å². The second-order valence-electron chi connectivity index (χ2n) is 10.8. The third kappa shape index (κ3) is 5.37. The molecule has 4 rings (SSSR count). The van der Waals surface area contributed by atoms with Gasteiger partial charge in [0.2, 0.25) is 0 Å². The molecule has 8 nitrogen and oxygen atoms in total. The van der Waals surface area contributed by atoms with Crippen LogP contribution in [0.3, 0.4) is 0 Å². The summed E-state index contributed by atoms with van der Waals surface area (Å²) in [5, 5.41) is 19.2. The van der Waals surface area contributed by atoms with Crippen molar-refractivity contribution in [3.8, 4) is 0 Å². The Morgan fingerprint density at radius 2 is 1.85 bits per heavy atom. The average Bonchev–Trinajstić information content (AvgIpc) is 3.00. The van der Waals surface area contributed by atoms with Crippen molar-refractivity contribution in [1.29, 1.82) is 0 Å². The Morgan fingerprint density at radius 3 is 2.55 bits per heavy atom. The predicted molar refractivity (Wildman–Crippen MR) is 134 cm³/mol. The molecule has 1 aromatic heterocycles. The molecule has 1 unspecified atom stereocenters. The predicted octanol–water partition coefficient (Wildman–Crippen LogP) is 4.46. The summed E-state index contributed by atoms with van der Waals surface area (Å²) in [4.78, 5) is 16.2. The zero-order valence-corrected chi connectivity index (χ0v) is 20.4. The van der Waals surface area contributed by atoms with Gasteiger partial charge < -0.3 is 26.0 Å². The summed E-state index contributed by atoms with van der Waals surface area (Å²) >= 11 is 0. The van der Waals surface area contributed by atoms with E-state index in [0.29, 0.717) is 12.2 Å². The molecule has 1 aromatic carbocycles. The maximum absolute atomic E-state index is 12.1. The van der Waals surface area contributed by atoms with Crippen LogP contribution in [0.1, 0.15) is 59.3 Å². The number of benzene rings is 1. The molecule has 0 spiro atoms. The van der Waals surface area contributed by atoms with Gasteiger partial charge in [0.1, 0.15) is 0 Å². The van der Waals surface area contributed by atoms with Gasteiger partial charge in [-0.1, -0.05) is 27.2 Å². The highest BCUT2D eigenvalue weighted by molar-refractivity contribution is 5.89. The number of piperidine rings is 1. The second-order valence-corrected chi connectivity index (χ2v) is 10.8. The monoisotopic (exact) mass is 456 g/mol. The van der Waals surface area contributed by atoms with Gasteiger partial charge in [-0.25, -0.2) is 4.79 Å². The van der Waals surface area contributed by atoms with Crippen LogP contribution in [-0.2, 0) is 6.54 Å². The lowest BCUT2D eigenvalue weighted by atomic mass is 9.80. The van der Waals surface area contributed by atoms with Crippen molar-refractivity contribution < 1.29 is 9.90 Å². The largest absolute Gasteiger partial charge is 0.465 e. The highest BCUT2D eigenvalue weighted by Crippen LogP contribution is 2.35. The number of hydrogen-bond donors (Lipinski definition) is 3. The molecule has 33 heavy (non-hydrogen) atoms. The van der Waals surface area contributed by atoms with Crippen molar-refractivity contribution in [2.75, 3.05) is 37.2 Å². The number of likely N-dealkylation sites (tertiary alicyclic amines) is 2. The van der Waals surface area contributed by atoms with Crippen LogP contribution in [0.25, 0.3) is 10.9 Å². The fourth-order valence-electron chi connectivity index (χ4n) is 5.66. The summed E-state index contributed by atoms with van der Waals surface area (Å²) in [6, 6.07) is 3.94. The molecule has 2 aromatic rings. The minimum absolute atomic E-state index is 0.00642. The normalized spacial score (nSPS) is 22.9. The summed E-state index contributed by atoms with van der Waals surface area (Å²) in [6.45, 7) is 11.2. The van der Waals surface area contributed by atoms with Crippen molar-refractivity contribution in [2.24, 2.45) is 5.41 Å². The zero-order valence-electron chi connectivity index (χ0n) is 20.4. The SMILES string of the molecule is CC(C)(C)[C@@H]1C(Nc2cc3c(cnn3CCN3CCCCC3)cc2N)CCCCN1C(=O)O. The molecule has 2 aliphatic heterocycles. The molecule has 0 aliphatic carbocycles. The zero-order chi connectivity index (χ0) is 23.6. The number of nitrogens with two attached hydrogens (primary N) is 1. The van der Waals surface area contributed by atoms with E-state index in [9.17, 15) is 9.90 Å². The molecule has 0 saturated carbocycles. The number of nitrogen functional groups attached to an aromatic ring is 1. The van der Waals surface area contributed by atoms with Crippen LogP contribution in [0.2, 0.25) is 0 Å². The Hall–Kier alpha value is -2.48. The summed E-state index contributed by atoms with van der Waals surface area (Å²) in [5.74, 6) is 0. The van der Waals surface area contributed by atoms with E-state index in [1.54, 1.807) is 4.90 Å². The first-order valence-corrected chi connectivity index (χ1v) is 12.5. The first-order chi connectivity index (χ1) is 15.7. The van der Waals surface area contributed by atoms with Crippen LogP contribution >= 0.6 is 0 Å². The molecule has 0 bridgehead atoms. The van der Waals surface area contributed by atoms with Crippen LogP contribution < -0.4 is 11.1 Å². The molecular weight excluding hydrogens is 416 g/mol. The van der Waals surface area contributed by atoms with E-state index in [-0.39, 0.29) is 17.5 Å². The van der Waals surface area contributed by atoms with E-state index in [0.717, 1.165) is 48.9 Å². The first kappa shape index (κ1) is 23.7. The van der Waals surface area contributed by atoms with Gasteiger partial charge >= 0.3 is 6.09 Å². The lowest BCUT2D eigenvalue weighted by molar-refractivity contribution is 0.0782. The first-order valence-electron chi connectivity index (χ1n) is 12.5. The number of nitrogens with zero attached hydrogens (tertiary/aromatic N) is 4. The molecule has 0 radical (unpaired) electrons. The molecule has 1 amide bonds. The standard InChI is InChI=1S/C25H40N6O2/c1-25(2,3)23-20(9-5-8-12-30(23)24(32)33)28-21-16-22-18(15-19(21)26)17-27-31(22)14-13-29-10-6-4-7-11-29/h15-17,20,23,28H,4-14,26H2,1-3H3,(H,32,33)/t20?,23-/m0/s1. The van der Waals surface area contributed by atoms with E-state index in [1.807, 2.05) is 12.3 Å². The molecule has 182 valence electrons. The van der Waals surface area contributed by atoms with Gasteiger partial charge in [-0.05, 0) is 62.7 Å². The molecule has 4 N–H and O–H groups in total. The molecule has 2 aliphatic rings. The van der Waals surface area contributed by atoms with Crippen molar-refractivity contribution in [3.63, 3.8) is 0 Å². The van der Waals surface area contributed by atoms with Gasteiger partial charge in [-0.15, -0.1) is 0 Å². The topological polar surface area (TPSA) is 99.7 Å².